The van der Waals surface area contributed by atoms with Gasteiger partial charge in [0.1, 0.15) is 5.39 Å². The molecular weight excluding hydrogens is 482 g/mol. The molecule has 0 radical (unpaired) electrons. The molecular formula is C28H41N7O3. The van der Waals surface area contributed by atoms with Crippen molar-refractivity contribution in [3.05, 3.63) is 71.2 Å². The molecule has 0 saturated carbocycles. The van der Waals surface area contributed by atoms with Crippen molar-refractivity contribution in [2.45, 2.75) is 46.9 Å². The zero-order chi connectivity index (χ0) is 27.9. The van der Waals surface area contributed by atoms with Crippen molar-refractivity contribution in [2.75, 3.05) is 38.7 Å². The highest BCUT2D eigenvalue weighted by molar-refractivity contribution is 5.78. The number of aliphatic imine (C=N–C) groups is 1. The van der Waals surface area contributed by atoms with Crippen LogP contribution in [0, 0.1) is 0 Å². The number of hydrogen-bond acceptors (Lipinski definition) is 8. The Kier molecular flexibility index (Phi) is 13.1. The zero-order valence-electron chi connectivity index (χ0n) is 23.1. The third-order valence-electron chi connectivity index (χ3n) is 5.45. The lowest BCUT2D eigenvalue weighted by molar-refractivity contribution is 0.0342. The van der Waals surface area contributed by atoms with E-state index in [2.05, 4.69) is 49.0 Å². The molecule has 38 heavy (non-hydrogen) atoms. The summed E-state index contributed by atoms with van der Waals surface area (Å²) in [5.41, 5.74) is 3.63. The summed E-state index contributed by atoms with van der Waals surface area (Å²) in [7, 11) is 1.79. The lowest BCUT2D eigenvalue weighted by atomic mass is 10.2. The molecule has 1 saturated heterocycles. The molecule has 10 nitrogen and oxygen atoms in total. The van der Waals surface area contributed by atoms with E-state index in [1.807, 2.05) is 39.0 Å². The molecule has 3 aromatic rings. The van der Waals surface area contributed by atoms with Crippen LogP contribution in [0.1, 0.15) is 33.3 Å². The molecule has 10 heteroatoms. The minimum absolute atomic E-state index is 0.149. The van der Waals surface area contributed by atoms with Crippen molar-refractivity contribution < 1.29 is 9.84 Å². The molecule has 1 aromatic carbocycles. The molecule has 3 N–H and O–H groups in total. The fourth-order valence-corrected chi connectivity index (χ4v) is 3.38. The van der Waals surface area contributed by atoms with Crippen LogP contribution in [0.4, 0.5) is 11.6 Å². The van der Waals surface area contributed by atoms with Crippen LogP contribution in [-0.2, 0) is 17.8 Å². The highest BCUT2D eigenvalue weighted by Crippen LogP contribution is 2.16. The summed E-state index contributed by atoms with van der Waals surface area (Å²) >= 11 is 0. The summed E-state index contributed by atoms with van der Waals surface area (Å²) in [6.07, 6.45) is 6.46. The fourth-order valence-electron chi connectivity index (χ4n) is 3.38. The maximum Gasteiger partial charge on any atom is 0.277 e. The first-order valence-electron chi connectivity index (χ1n) is 12.7. The van der Waals surface area contributed by atoms with Crippen molar-refractivity contribution in [2.24, 2.45) is 4.99 Å². The summed E-state index contributed by atoms with van der Waals surface area (Å²) in [5, 5.41) is 15.1. The second-order valence-electron chi connectivity index (χ2n) is 8.92. The standard InChI is InChI=1S/C19H22N6O2.C5H10O.C4H9N/c1-2-7-25-18(26)16-12-20-19(22-17(16)23-25)21-15-5-3-14(4-6-15)13-24-8-10-27-11-9-24;1-3-4-5(2)6;1-4(2)5-3/h2-6,12H,1,7-11,13H2,(H2,20,21,22,23);3-6H,1-2H3;1-3H3/b;4-3+;. The SMILES string of the molecule is C/C=C/C(C)O.C=CCn1[nH]c2nc(Nc3ccc(CN4CCOCC4)cc3)ncc2c1=O.CN=C(C)C. The molecule has 0 amide bonds. The smallest absolute Gasteiger partial charge is 0.277 e. The molecule has 2 aromatic heterocycles. The Balaban J connectivity index is 0.000000391. The second kappa shape index (κ2) is 16.3. The van der Waals surface area contributed by atoms with E-state index in [0.29, 0.717) is 23.5 Å². The number of anilines is 2. The van der Waals surface area contributed by atoms with Gasteiger partial charge in [0.25, 0.3) is 5.56 Å². The molecule has 0 bridgehead atoms. The first-order chi connectivity index (χ1) is 18.3. The number of aliphatic hydroxyl groups is 1. The van der Waals surface area contributed by atoms with Gasteiger partial charge in [0.05, 0.1) is 25.9 Å². The van der Waals surface area contributed by atoms with Crippen LogP contribution in [0.5, 0.6) is 0 Å². The Morgan fingerprint density at radius 3 is 2.47 bits per heavy atom. The number of morpholine rings is 1. The third kappa shape index (κ3) is 10.4. The number of fused-ring (bicyclic) bond motifs is 1. The van der Waals surface area contributed by atoms with E-state index in [1.165, 1.54) is 16.4 Å². The van der Waals surface area contributed by atoms with Crippen LogP contribution in [-0.4, -0.2) is 74.9 Å². The van der Waals surface area contributed by atoms with E-state index < -0.39 is 0 Å². The van der Waals surface area contributed by atoms with Gasteiger partial charge in [-0.15, -0.1) is 6.58 Å². The average Bonchev–Trinajstić information content (AvgIpc) is 3.21. The van der Waals surface area contributed by atoms with Gasteiger partial charge >= 0.3 is 0 Å². The topological polar surface area (TPSA) is 121 Å². The van der Waals surface area contributed by atoms with E-state index >= 15 is 0 Å². The van der Waals surface area contributed by atoms with Gasteiger partial charge < -0.3 is 15.2 Å². The Hall–Kier alpha value is -3.60. The number of hydrogen-bond donors (Lipinski definition) is 3. The lowest BCUT2D eigenvalue weighted by Crippen LogP contribution is -2.35. The van der Waals surface area contributed by atoms with E-state index in [-0.39, 0.29) is 11.7 Å². The minimum atomic E-state index is -0.282. The first-order valence-corrected chi connectivity index (χ1v) is 12.7. The van der Waals surface area contributed by atoms with Gasteiger partial charge in [-0.25, -0.2) is 9.67 Å². The van der Waals surface area contributed by atoms with Gasteiger partial charge in [-0.1, -0.05) is 30.4 Å². The lowest BCUT2D eigenvalue weighted by Gasteiger charge is -2.26. The highest BCUT2D eigenvalue weighted by Gasteiger charge is 2.11. The van der Waals surface area contributed by atoms with Crippen molar-refractivity contribution in [3.8, 4) is 0 Å². The molecule has 0 aliphatic carbocycles. The van der Waals surface area contributed by atoms with Crippen molar-refractivity contribution in [1.82, 2.24) is 24.6 Å². The first kappa shape index (κ1) is 30.6. The van der Waals surface area contributed by atoms with Crippen molar-refractivity contribution >= 4 is 28.4 Å². The maximum atomic E-state index is 12.2. The molecule has 3 heterocycles. The van der Waals surface area contributed by atoms with Crippen LogP contribution < -0.4 is 10.9 Å². The zero-order valence-corrected chi connectivity index (χ0v) is 23.1. The maximum absolute atomic E-state index is 12.2. The van der Waals surface area contributed by atoms with Gasteiger partial charge in [-0.05, 0) is 45.4 Å². The third-order valence-corrected chi connectivity index (χ3v) is 5.45. The number of rotatable bonds is 7. The monoisotopic (exact) mass is 523 g/mol. The number of aromatic amines is 1. The minimum Gasteiger partial charge on any atom is -0.389 e. The van der Waals surface area contributed by atoms with Crippen LogP contribution in [0.25, 0.3) is 11.0 Å². The largest absolute Gasteiger partial charge is 0.389 e. The summed E-state index contributed by atoms with van der Waals surface area (Å²) in [4.78, 5) is 27.0. The molecule has 1 atom stereocenters. The number of nitrogens with zero attached hydrogens (tertiary/aromatic N) is 5. The molecule has 1 aliphatic rings. The average molecular weight is 524 g/mol. The van der Waals surface area contributed by atoms with Crippen molar-refractivity contribution in [1.29, 1.82) is 0 Å². The van der Waals surface area contributed by atoms with E-state index in [0.717, 1.165) is 44.2 Å². The summed E-state index contributed by atoms with van der Waals surface area (Å²) in [6, 6.07) is 8.21. The van der Waals surface area contributed by atoms with Crippen LogP contribution in [0.3, 0.4) is 0 Å². The molecule has 0 spiro atoms. The van der Waals surface area contributed by atoms with Crippen molar-refractivity contribution in [3.63, 3.8) is 0 Å². The summed E-state index contributed by atoms with van der Waals surface area (Å²) in [5.74, 6) is 0.440. The molecule has 1 aliphatic heterocycles. The second-order valence-corrected chi connectivity index (χ2v) is 8.92. The number of ether oxygens (including phenoxy) is 1. The summed E-state index contributed by atoms with van der Waals surface area (Å²) in [6.45, 7) is 16.1. The van der Waals surface area contributed by atoms with E-state index in [1.54, 1.807) is 26.1 Å². The quantitative estimate of drug-likeness (QED) is 0.317. The molecule has 1 fully saturated rings. The Labute approximate surface area is 224 Å². The fraction of sp³-hybridized carbons (Fsp3) is 0.429. The van der Waals surface area contributed by atoms with Gasteiger partial charge in [0.2, 0.25) is 5.95 Å². The Morgan fingerprint density at radius 1 is 1.29 bits per heavy atom. The van der Waals surface area contributed by atoms with Crippen LogP contribution >= 0.6 is 0 Å². The van der Waals surface area contributed by atoms with Crippen LogP contribution in [0.2, 0.25) is 0 Å². The Bertz CT molecular complexity index is 1230. The molecule has 1 unspecified atom stereocenters. The normalized spacial score (nSPS) is 14.2. The van der Waals surface area contributed by atoms with Gasteiger partial charge in [0, 0.05) is 44.3 Å². The molecule has 4 rings (SSSR count). The van der Waals surface area contributed by atoms with Gasteiger partial charge in [0.15, 0.2) is 5.65 Å². The number of benzene rings is 1. The predicted molar refractivity (Wildman–Crippen MR) is 155 cm³/mol. The highest BCUT2D eigenvalue weighted by atomic mass is 16.5. The summed E-state index contributed by atoms with van der Waals surface area (Å²) < 4.78 is 6.84. The Morgan fingerprint density at radius 2 is 1.95 bits per heavy atom. The van der Waals surface area contributed by atoms with E-state index in [4.69, 9.17) is 9.84 Å². The number of aliphatic hydroxyl groups excluding tert-OH is 1. The predicted octanol–water partition coefficient (Wildman–Crippen LogP) is 3.92. The number of allylic oxidation sites excluding steroid dienone is 2. The van der Waals surface area contributed by atoms with Crippen LogP contribution in [0.15, 0.2) is 65.1 Å². The number of H-pyrrole nitrogens is 1. The van der Waals surface area contributed by atoms with Gasteiger partial charge in [-0.2, -0.15) is 4.98 Å². The molecule has 206 valence electrons. The number of nitrogens with one attached hydrogen (secondary N) is 2. The van der Waals surface area contributed by atoms with Gasteiger partial charge in [-0.3, -0.25) is 19.8 Å². The van der Waals surface area contributed by atoms with E-state index in [9.17, 15) is 4.79 Å². The number of aromatic nitrogens is 4.